The fraction of sp³-hybridized carbons (Fsp3) is 0.561. The second kappa shape index (κ2) is 21.0. The highest BCUT2D eigenvalue weighted by molar-refractivity contribution is 5.85. The number of hydrogen-bond donors (Lipinski definition) is 2. The van der Waals surface area contributed by atoms with Crippen LogP contribution >= 0.6 is 0 Å². The van der Waals surface area contributed by atoms with Gasteiger partial charge in [0.25, 0.3) is 0 Å². The average molecular weight is 825 g/mol. The number of benzene rings is 2. The molecule has 1 saturated heterocycles. The normalized spacial score (nSPS) is 18.8. The summed E-state index contributed by atoms with van der Waals surface area (Å²) in [6, 6.07) is 23.2. The van der Waals surface area contributed by atoms with Crippen LogP contribution in [0.1, 0.15) is 193 Å². The summed E-state index contributed by atoms with van der Waals surface area (Å²) >= 11 is 0. The molecule has 61 heavy (non-hydrogen) atoms. The van der Waals surface area contributed by atoms with E-state index < -0.39 is 0 Å². The molecule has 4 aliphatic rings. The summed E-state index contributed by atoms with van der Waals surface area (Å²) in [6.45, 7) is 37.7. The van der Waals surface area contributed by atoms with Gasteiger partial charge in [0.2, 0.25) is 0 Å². The number of pyridine rings is 2. The largest absolute Gasteiger partial charge is 0.361 e. The summed E-state index contributed by atoms with van der Waals surface area (Å²) in [6.07, 6.45) is 9.14. The first kappa shape index (κ1) is 48.1. The highest BCUT2D eigenvalue weighted by atomic mass is 15.0. The van der Waals surface area contributed by atoms with E-state index in [1.54, 1.807) is 0 Å². The summed E-state index contributed by atoms with van der Waals surface area (Å²) in [4.78, 5) is 7.75. The monoisotopic (exact) mass is 825 g/mol. The summed E-state index contributed by atoms with van der Waals surface area (Å²) in [7, 11) is 2.13. The Hall–Kier alpha value is -3.89. The van der Waals surface area contributed by atoms with Crippen LogP contribution in [0.2, 0.25) is 0 Å². The Balaban J connectivity index is 0.000000154. The van der Waals surface area contributed by atoms with Crippen LogP contribution in [0.3, 0.4) is 0 Å². The van der Waals surface area contributed by atoms with Gasteiger partial charge >= 0.3 is 0 Å². The van der Waals surface area contributed by atoms with Gasteiger partial charge in [-0.05, 0) is 166 Å². The van der Waals surface area contributed by atoms with Crippen molar-refractivity contribution in [2.45, 2.75) is 165 Å². The molecule has 2 aliphatic carbocycles. The zero-order valence-corrected chi connectivity index (χ0v) is 41.4. The van der Waals surface area contributed by atoms with Crippen LogP contribution in [0.15, 0.2) is 79.3 Å². The Bertz CT molecular complexity index is 2240. The Morgan fingerprint density at radius 3 is 1.75 bits per heavy atom. The van der Waals surface area contributed by atoms with Crippen molar-refractivity contribution < 1.29 is 0 Å². The third-order valence-corrected chi connectivity index (χ3v) is 14.0. The first-order valence-corrected chi connectivity index (χ1v) is 24.1. The number of aromatic nitrogens is 3. The highest BCUT2D eigenvalue weighted by Crippen LogP contribution is 2.45. The van der Waals surface area contributed by atoms with Crippen LogP contribution in [0.4, 0.5) is 0 Å². The molecule has 4 heteroatoms. The van der Waals surface area contributed by atoms with Crippen LogP contribution in [-0.2, 0) is 7.05 Å². The second-order valence-corrected chi connectivity index (χ2v) is 21.2. The van der Waals surface area contributed by atoms with Gasteiger partial charge < -0.3 is 14.9 Å². The van der Waals surface area contributed by atoms with E-state index in [9.17, 15) is 0 Å². The van der Waals surface area contributed by atoms with Crippen molar-refractivity contribution in [3.8, 4) is 11.3 Å². The summed E-state index contributed by atoms with van der Waals surface area (Å²) < 4.78 is 2.23. The first-order chi connectivity index (χ1) is 28.8. The van der Waals surface area contributed by atoms with Crippen molar-refractivity contribution in [1.29, 1.82) is 0 Å². The lowest BCUT2D eigenvalue weighted by molar-refractivity contribution is 0.282. The predicted octanol–water partition coefficient (Wildman–Crippen LogP) is 16.2. The Labute approximate surface area is 372 Å². The van der Waals surface area contributed by atoms with E-state index in [0.717, 1.165) is 41.1 Å². The van der Waals surface area contributed by atoms with Crippen LogP contribution in [-0.4, -0.2) is 27.1 Å². The Kier molecular flexibility index (Phi) is 16.6. The van der Waals surface area contributed by atoms with E-state index >= 15 is 0 Å². The standard InChI is InChI=1S/C15H21N.C15H19N.C14H19N.C13H25N/c1-10(2)12-6-7-15-13(8-12)14(11(3)4)9-16(15)5;1-10(2)12-5-6-15-14(9-12)13(11(3)4)7-8-16-15;1-9(2)11-7-13-12(10(3)4)5-6-15-14(13)8-11;1-8(2)10-5-11-12(9(3)4)7-14-13(11)6-10/h6-11H,1-5H3;5-11H,1-4H3;5-10,15H,1-4H3;8-14H,5-7H2,1-4H3. The van der Waals surface area contributed by atoms with E-state index in [4.69, 9.17) is 0 Å². The highest BCUT2D eigenvalue weighted by Gasteiger charge is 2.44. The SMILES string of the molecule is CC(C)C1CC2NCC(C(C)C)C2C1.CC(C)c1cc2[nH]ccc(C(C)C)c-2c1.CC(C)c1ccc2c(c1)c(C(C)C)cn2C.CC(C)c1ccc2nccc(C(C)C)c2c1. The summed E-state index contributed by atoms with van der Waals surface area (Å²) in [5.41, 5.74) is 13.6. The van der Waals surface area contributed by atoms with E-state index in [-0.39, 0.29) is 0 Å². The number of aromatic amines is 1. The zero-order valence-electron chi connectivity index (χ0n) is 41.4. The van der Waals surface area contributed by atoms with E-state index in [2.05, 4.69) is 205 Å². The zero-order chi connectivity index (χ0) is 44.9. The van der Waals surface area contributed by atoms with Gasteiger partial charge in [-0.25, -0.2) is 0 Å². The quantitative estimate of drug-likeness (QED) is 0.161. The lowest BCUT2D eigenvalue weighted by Crippen LogP contribution is -2.22. The van der Waals surface area contributed by atoms with E-state index in [0.29, 0.717) is 35.5 Å². The maximum Gasteiger partial charge on any atom is 0.0705 e. The molecule has 2 fully saturated rings. The van der Waals surface area contributed by atoms with Crippen LogP contribution < -0.4 is 5.32 Å². The predicted molar refractivity (Wildman–Crippen MR) is 268 cm³/mol. The van der Waals surface area contributed by atoms with Crippen LogP contribution in [0, 0.1) is 29.6 Å². The van der Waals surface area contributed by atoms with Crippen molar-refractivity contribution in [2.24, 2.45) is 36.6 Å². The molecule has 0 amide bonds. The number of rotatable bonds is 8. The van der Waals surface area contributed by atoms with Gasteiger partial charge in [0.05, 0.1) is 5.52 Å². The minimum atomic E-state index is 0.549. The van der Waals surface area contributed by atoms with Gasteiger partial charge in [0, 0.05) is 59.2 Å². The number of nitrogens with one attached hydrogen (secondary N) is 2. The van der Waals surface area contributed by atoms with Gasteiger partial charge in [-0.3, -0.25) is 4.98 Å². The average Bonchev–Trinajstić information content (AvgIpc) is 4.00. The molecule has 4 nitrogen and oxygen atoms in total. The van der Waals surface area contributed by atoms with Crippen molar-refractivity contribution in [3.63, 3.8) is 0 Å². The molecule has 8 rings (SSSR count). The minimum absolute atomic E-state index is 0.549. The van der Waals surface area contributed by atoms with Gasteiger partial charge in [-0.2, -0.15) is 0 Å². The number of hydrogen-bond acceptors (Lipinski definition) is 2. The number of H-pyrrole nitrogens is 1. The molecule has 2 N–H and O–H groups in total. The maximum absolute atomic E-state index is 4.42. The van der Waals surface area contributed by atoms with Gasteiger partial charge in [0.1, 0.15) is 0 Å². The van der Waals surface area contributed by atoms with E-state index in [1.807, 2.05) is 12.4 Å². The fourth-order valence-corrected chi connectivity index (χ4v) is 9.88. The third kappa shape index (κ3) is 11.6. The van der Waals surface area contributed by atoms with Crippen molar-refractivity contribution in [2.75, 3.05) is 6.54 Å². The Morgan fingerprint density at radius 2 is 1.18 bits per heavy atom. The number of nitrogens with zero attached hydrogens (tertiary/aromatic N) is 2. The lowest BCUT2D eigenvalue weighted by atomic mass is 9.82. The van der Waals surface area contributed by atoms with Crippen molar-refractivity contribution in [1.82, 2.24) is 19.9 Å². The molecule has 0 spiro atoms. The molecule has 0 bridgehead atoms. The molecule has 2 aliphatic heterocycles. The molecule has 332 valence electrons. The van der Waals surface area contributed by atoms with Gasteiger partial charge in [-0.1, -0.05) is 123 Å². The molecule has 0 radical (unpaired) electrons. The third-order valence-electron chi connectivity index (χ3n) is 14.0. The van der Waals surface area contributed by atoms with Gasteiger partial charge in [0.15, 0.2) is 0 Å². The molecular weight excluding hydrogens is 741 g/mol. The summed E-state index contributed by atoms with van der Waals surface area (Å²) in [5, 5.41) is 6.46. The molecule has 1 saturated carbocycles. The first-order valence-electron chi connectivity index (χ1n) is 24.1. The molecular formula is C57H84N4. The topological polar surface area (TPSA) is 45.6 Å². The summed E-state index contributed by atoms with van der Waals surface area (Å²) in [5.74, 6) is 8.17. The molecule has 4 heterocycles. The minimum Gasteiger partial charge on any atom is -0.361 e. The number of aryl methyl sites for hydroxylation is 1. The van der Waals surface area contributed by atoms with E-state index in [1.165, 1.54) is 80.3 Å². The molecule has 4 atom stereocenters. The molecule has 2 aromatic heterocycles. The number of fused-ring (bicyclic) bond motifs is 4. The fourth-order valence-electron chi connectivity index (χ4n) is 9.88. The van der Waals surface area contributed by atoms with Crippen molar-refractivity contribution >= 4 is 21.8 Å². The second-order valence-electron chi connectivity index (χ2n) is 21.2. The van der Waals surface area contributed by atoms with Crippen LogP contribution in [0.25, 0.3) is 33.1 Å². The van der Waals surface area contributed by atoms with Crippen LogP contribution in [0.5, 0.6) is 0 Å². The lowest BCUT2D eigenvalue weighted by Gasteiger charge is -2.22. The van der Waals surface area contributed by atoms with Crippen molar-refractivity contribution in [3.05, 3.63) is 113 Å². The maximum atomic E-state index is 4.42. The van der Waals surface area contributed by atoms with Gasteiger partial charge in [-0.15, -0.1) is 0 Å². The molecule has 4 unspecified atom stereocenters. The smallest absolute Gasteiger partial charge is 0.0705 e. The Morgan fingerprint density at radius 1 is 0.574 bits per heavy atom. The molecule has 2 aromatic carbocycles. The molecule has 4 aromatic rings.